The highest BCUT2D eigenvalue weighted by Gasteiger charge is 2.65. The summed E-state index contributed by atoms with van der Waals surface area (Å²) in [7, 11) is -3.50. The predicted octanol–water partition coefficient (Wildman–Crippen LogP) is 1.71. The quantitative estimate of drug-likeness (QED) is 0.744. The fraction of sp³-hybridized carbons (Fsp3) is 0.938. The molecule has 2 rings (SSSR count). The molecule has 0 saturated heterocycles. The number of Topliss-reactive ketones (excluding diaryl/α,β-unsaturated/α-hetero) is 1. The molecule has 2 fully saturated rings. The number of fused-ring (bicyclic) bond motifs is 2. The monoisotopic (exact) mass is 331 g/mol. The zero-order valence-corrected chi connectivity index (χ0v) is 14.9. The normalized spacial score (nSPS) is 33.1. The van der Waals surface area contributed by atoms with Crippen LogP contribution in [-0.2, 0) is 14.8 Å². The van der Waals surface area contributed by atoms with Gasteiger partial charge in [0.15, 0.2) is 0 Å². The summed E-state index contributed by atoms with van der Waals surface area (Å²) in [6, 6.07) is 0. The van der Waals surface area contributed by atoms with Crippen LogP contribution in [0.15, 0.2) is 0 Å². The zero-order valence-electron chi connectivity index (χ0n) is 14.1. The molecular weight excluding hydrogens is 302 g/mol. The Bertz CT molecular complexity index is 540. The largest absolute Gasteiger partial charge is 0.393 e. The molecule has 0 unspecified atom stereocenters. The molecule has 2 aliphatic carbocycles. The average Bonchev–Trinajstić information content (AvgIpc) is 2.69. The summed E-state index contributed by atoms with van der Waals surface area (Å²) < 4.78 is 27.6. The molecule has 0 aromatic heterocycles. The van der Waals surface area contributed by atoms with Crippen molar-refractivity contribution in [2.45, 2.75) is 59.5 Å². The van der Waals surface area contributed by atoms with Crippen molar-refractivity contribution >= 4 is 15.8 Å². The van der Waals surface area contributed by atoms with Crippen molar-refractivity contribution in [1.29, 1.82) is 0 Å². The van der Waals surface area contributed by atoms with Crippen LogP contribution in [0.1, 0.15) is 53.4 Å². The van der Waals surface area contributed by atoms with Gasteiger partial charge in [-0.15, -0.1) is 0 Å². The molecule has 0 aromatic rings. The van der Waals surface area contributed by atoms with Gasteiger partial charge in [-0.3, -0.25) is 4.79 Å². The number of aliphatic hydroxyl groups is 1. The van der Waals surface area contributed by atoms with E-state index in [1.54, 1.807) is 6.92 Å². The van der Waals surface area contributed by atoms with E-state index in [0.717, 1.165) is 6.42 Å². The van der Waals surface area contributed by atoms with Crippen LogP contribution < -0.4 is 4.72 Å². The summed E-state index contributed by atoms with van der Waals surface area (Å²) in [6.45, 7) is 8.00. The van der Waals surface area contributed by atoms with Gasteiger partial charge >= 0.3 is 0 Å². The molecule has 2 N–H and O–H groups in total. The molecular formula is C16H29NO4S. The zero-order chi connectivity index (χ0) is 16.8. The minimum Gasteiger partial charge on any atom is -0.393 e. The van der Waals surface area contributed by atoms with Gasteiger partial charge in [-0.05, 0) is 43.4 Å². The Labute approximate surface area is 133 Å². The van der Waals surface area contributed by atoms with Crippen molar-refractivity contribution < 1.29 is 18.3 Å². The van der Waals surface area contributed by atoms with Crippen LogP contribution in [0.4, 0.5) is 0 Å². The highest BCUT2D eigenvalue weighted by Crippen LogP contribution is 2.64. The van der Waals surface area contributed by atoms with Crippen molar-refractivity contribution in [3.63, 3.8) is 0 Å². The van der Waals surface area contributed by atoms with E-state index in [1.807, 2.05) is 20.8 Å². The molecule has 0 heterocycles. The Morgan fingerprint density at radius 3 is 2.45 bits per heavy atom. The molecule has 2 bridgehead atoms. The van der Waals surface area contributed by atoms with Crippen LogP contribution >= 0.6 is 0 Å². The lowest BCUT2D eigenvalue weighted by atomic mass is 9.70. The summed E-state index contributed by atoms with van der Waals surface area (Å²) in [5, 5.41) is 9.35. The minimum atomic E-state index is -3.50. The number of carbonyl (C=O) groups excluding carboxylic acids is 1. The predicted molar refractivity (Wildman–Crippen MR) is 85.8 cm³/mol. The van der Waals surface area contributed by atoms with E-state index in [0.29, 0.717) is 31.7 Å². The van der Waals surface area contributed by atoms with Gasteiger partial charge in [0, 0.05) is 18.4 Å². The first-order valence-electron chi connectivity index (χ1n) is 8.19. The van der Waals surface area contributed by atoms with Crippen molar-refractivity contribution in [2.24, 2.45) is 22.7 Å². The molecule has 128 valence electrons. The van der Waals surface area contributed by atoms with Crippen molar-refractivity contribution in [2.75, 3.05) is 12.3 Å². The molecule has 0 radical (unpaired) electrons. The Kier molecular flexibility index (Phi) is 4.78. The van der Waals surface area contributed by atoms with Crippen LogP contribution in [0.25, 0.3) is 0 Å². The van der Waals surface area contributed by atoms with Crippen LogP contribution in [0.3, 0.4) is 0 Å². The van der Waals surface area contributed by atoms with E-state index in [4.69, 9.17) is 0 Å². The van der Waals surface area contributed by atoms with Crippen molar-refractivity contribution in [3.05, 3.63) is 0 Å². The van der Waals surface area contributed by atoms with Crippen LogP contribution in [0.5, 0.6) is 0 Å². The van der Waals surface area contributed by atoms with E-state index in [-0.39, 0.29) is 22.9 Å². The summed E-state index contributed by atoms with van der Waals surface area (Å²) in [5.41, 5.74) is -0.943. The van der Waals surface area contributed by atoms with Gasteiger partial charge in [-0.2, -0.15) is 0 Å². The molecule has 0 spiro atoms. The van der Waals surface area contributed by atoms with E-state index in [2.05, 4.69) is 4.72 Å². The summed E-state index contributed by atoms with van der Waals surface area (Å²) in [6.07, 6.45) is 2.28. The van der Waals surface area contributed by atoms with Gasteiger partial charge in [0.25, 0.3) is 0 Å². The van der Waals surface area contributed by atoms with Gasteiger partial charge < -0.3 is 5.11 Å². The van der Waals surface area contributed by atoms with E-state index in [1.165, 1.54) is 0 Å². The number of hydrogen-bond donors (Lipinski definition) is 2. The van der Waals surface area contributed by atoms with Gasteiger partial charge in [-0.1, -0.05) is 20.8 Å². The summed E-state index contributed by atoms with van der Waals surface area (Å²) in [4.78, 5) is 12.4. The maximum Gasteiger partial charge on any atom is 0.212 e. The molecule has 5 nitrogen and oxygen atoms in total. The number of rotatable bonds is 7. The number of ketones is 1. The second kappa shape index (κ2) is 5.87. The maximum absolute atomic E-state index is 12.5. The topological polar surface area (TPSA) is 83.5 Å². The summed E-state index contributed by atoms with van der Waals surface area (Å²) >= 11 is 0. The first-order valence-corrected chi connectivity index (χ1v) is 9.84. The fourth-order valence-electron chi connectivity index (χ4n) is 4.42. The minimum absolute atomic E-state index is 0.0656. The van der Waals surface area contributed by atoms with Gasteiger partial charge in [0.2, 0.25) is 10.0 Å². The Balaban J connectivity index is 2.04. The van der Waals surface area contributed by atoms with E-state index >= 15 is 0 Å². The number of carbonyl (C=O) groups is 1. The van der Waals surface area contributed by atoms with Crippen LogP contribution in [-0.4, -0.2) is 37.7 Å². The summed E-state index contributed by atoms with van der Waals surface area (Å²) in [5.74, 6) is 0.417. The van der Waals surface area contributed by atoms with Gasteiger partial charge in [-0.25, -0.2) is 13.1 Å². The van der Waals surface area contributed by atoms with E-state index in [9.17, 15) is 18.3 Å². The Morgan fingerprint density at radius 2 is 2.00 bits per heavy atom. The third-order valence-electron chi connectivity index (χ3n) is 5.97. The number of hydrogen-bond acceptors (Lipinski definition) is 4. The smallest absolute Gasteiger partial charge is 0.212 e. The highest BCUT2D eigenvalue weighted by atomic mass is 32.2. The molecule has 0 aromatic carbocycles. The molecule has 2 aliphatic rings. The van der Waals surface area contributed by atoms with Gasteiger partial charge in [0.1, 0.15) is 5.78 Å². The molecule has 4 atom stereocenters. The third-order valence-corrected chi connectivity index (χ3v) is 7.45. The van der Waals surface area contributed by atoms with Crippen molar-refractivity contribution in [1.82, 2.24) is 4.72 Å². The van der Waals surface area contributed by atoms with Gasteiger partial charge in [0.05, 0.1) is 11.9 Å². The molecule has 6 heteroatoms. The number of sulfonamides is 1. The lowest BCUT2D eigenvalue weighted by Crippen LogP contribution is -2.46. The third kappa shape index (κ3) is 3.10. The number of aliphatic hydroxyl groups excluding tert-OH is 1. The lowest BCUT2D eigenvalue weighted by Gasteiger charge is -2.36. The molecule has 22 heavy (non-hydrogen) atoms. The van der Waals surface area contributed by atoms with E-state index < -0.39 is 21.5 Å². The lowest BCUT2D eigenvalue weighted by molar-refractivity contribution is -0.128. The van der Waals surface area contributed by atoms with Crippen LogP contribution in [0.2, 0.25) is 0 Å². The van der Waals surface area contributed by atoms with Crippen LogP contribution in [0, 0.1) is 22.7 Å². The second-order valence-electron chi connectivity index (χ2n) is 7.96. The first-order chi connectivity index (χ1) is 10.0. The van der Waals surface area contributed by atoms with Crippen molar-refractivity contribution in [3.8, 4) is 0 Å². The second-order valence-corrected chi connectivity index (χ2v) is 9.77. The molecule has 0 aliphatic heterocycles. The highest BCUT2D eigenvalue weighted by molar-refractivity contribution is 7.89. The molecule has 0 amide bonds. The Hall–Kier alpha value is -0.460. The molecule has 2 saturated carbocycles. The SMILES string of the molecule is C[C@@H](CNS(=O)(=O)C[C@@]12CC[C@@H](CC1=O)C2(C)C)C[C@@H](C)O. The average molecular weight is 331 g/mol. The Morgan fingerprint density at radius 1 is 1.36 bits per heavy atom. The first kappa shape index (κ1) is 17.9. The fourth-order valence-corrected chi connectivity index (χ4v) is 6.39. The number of nitrogens with one attached hydrogen (secondary N) is 1. The maximum atomic E-state index is 12.5. The standard InChI is InChI=1S/C16H29NO4S/c1-11(7-12(2)18)9-17-22(20,21)10-16-6-5-13(8-14(16)19)15(16,3)4/h11-13,17-18H,5-10H2,1-4H3/t11-,12-,13+,16+/m1/s1.